The lowest BCUT2D eigenvalue weighted by Gasteiger charge is -2.29. The molecule has 0 amide bonds. The Hall–Kier alpha value is -1.56. The maximum Gasteiger partial charge on any atom is 0.275 e. The summed E-state index contributed by atoms with van der Waals surface area (Å²) in [5, 5.41) is 12.5. The monoisotopic (exact) mass is 450 g/mol. The number of benzene rings is 2. The van der Waals surface area contributed by atoms with E-state index in [0.29, 0.717) is 11.6 Å². The molecule has 1 atom stereocenters. The molecular formula is C21H24BrClN2O2. The van der Waals surface area contributed by atoms with Crippen LogP contribution in [0.1, 0.15) is 31.2 Å². The molecule has 4 nitrogen and oxygen atoms in total. The van der Waals surface area contributed by atoms with E-state index >= 15 is 0 Å². The number of hydrogen-bond acceptors (Lipinski definition) is 3. The average molecular weight is 452 g/mol. The number of ether oxygens (including phenoxy) is 1. The minimum Gasteiger partial charge on any atom is -1.00 e. The highest BCUT2D eigenvalue weighted by molar-refractivity contribution is 6.30. The number of halogens is 2. The molecule has 2 aliphatic rings. The summed E-state index contributed by atoms with van der Waals surface area (Å²) in [7, 11) is 1.66. The fraction of sp³-hybridized carbons (Fsp3) is 0.381. The Kier molecular flexibility index (Phi) is 6.14. The molecule has 1 N–H and O–H groups in total. The summed E-state index contributed by atoms with van der Waals surface area (Å²) in [6.45, 7) is 1.55. The quantitative estimate of drug-likeness (QED) is 0.708. The van der Waals surface area contributed by atoms with Crippen molar-refractivity contribution in [1.82, 2.24) is 0 Å². The van der Waals surface area contributed by atoms with Crippen LogP contribution in [0.25, 0.3) is 0 Å². The first-order valence-corrected chi connectivity index (χ1v) is 9.53. The first kappa shape index (κ1) is 20.2. The summed E-state index contributed by atoms with van der Waals surface area (Å²) in [6, 6.07) is 15.4. The molecule has 0 saturated carbocycles. The van der Waals surface area contributed by atoms with Gasteiger partial charge < -0.3 is 26.8 Å². The van der Waals surface area contributed by atoms with Gasteiger partial charge in [-0.1, -0.05) is 23.7 Å². The lowest BCUT2D eigenvalue weighted by atomic mass is 10.00. The van der Waals surface area contributed by atoms with Crippen LogP contribution >= 0.6 is 11.6 Å². The van der Waals surface area contributed by atoms with Gasteiger partial charge in [0.05, 0.1) is 13.7 Å². The minimum absolute atomic E-state index is 0. The molecule has 0 aromatic heterocycles. The summed E-state index contributed by atoms with van der Waals surface area (Å²) >= 11 is 6.07. The first-order chi connectivity index (χ1) is 12.6. The second-order valence-corrected chi connectivity index (χ2v) is 7.44. The Bertz CT molecular complexity index is 823. The second kappa shape index (κ2) is 8.21. The Labute approximate surface area is 175 Å². The van der Waals surface area contributed by atoms with Crippen molar-refractivity contribution in [2.45, 2.75) is 31.4 Å². The van der Waals surface area contributed by atoms with Gasteiger partial charge in [0.25, 0.3) is 11.6 Å². The minimum atomic E-state index is -1.11. The van der Waals surface area contributed by atoms with E-state index in [2.05, 4.69) is 9.48 Å². The molecule has 1 unspecified atom stereocenters. The van der Waals surface area contributed by atoms with Gasteiger partial charge in [-0.15, -0.1) is 0 Å². The smallest absolute Gasteiger partial charge is 0.275 e. The van der Waals surface area contributed by atoms with Gasteiger partial charge in [0.2, 0.25) is 0 Å². The highest BCUT2D eigenvalue weighted by Crippen LogP contribution is 2.38. The van der Waals surface area contributed by atoms with Crippen molar-refractivity contribution in [2.24, 2.45) is 0 Å². The first-order valence-electron chi connectivity index (χ1n) is 9.15. The van der Waals surface area contributed by atoms with E-state index in [9.17, 15) is 5.11 Å². The number of hydrogen-bond donors (Lipinski definition) is 1. The Balaban J connectivity index is 0.00000210. The van der Waals surface area contributed by atoms with E-state index in [0.717, 1.165) is 42.8 Å². The average Bonchev–Trinajstić information content (AvgIpc) is 2.79. The summed E-state index contributed by atoms with van der Waals surface area (Å²) in [5.41, 5.74) is 0.729. The van der Waals surface area contributed by atoms with Gasteiger partial charge in [-0.05, 0) is 55.7 Å². The molecule has 144 valence electrons. The van der Waals surface area contributed by atoms with Crippen molar-refractivity contribution >= 4 is 23.1 Å². The predicted octanol–water partition coefficient (Wildman–Crippen LogP) is 1.00. The maximum absolute atomic E-state index is 11.8. The van der Waals surface area contributed by atoms with Gasteiger partial charge in [-0.2, -0.15) is 4.90 Å². The van der Waals surface area contributed by atoms with Crippen LogP contribution in [0.5, 0.6) is 5.75 Å². The summed E-state index contributed by atoms with van der Waals surface area (Å²) in [4.78, 5) is 2.10. The molecule has 4 rings (SSSR count). The van der Waals surface area contributed by atoms with E-state index in [1.54, 1.807) is 7.11 Å². The number of rotatable bonds is 3. The van der Waals surface area contributed by atoms with Crippen molar-refractivity contribution in [3.8, 4) is 5.75 Å². The van der Waals surface area contributed by atoms with Crippen LogP contribution in [0.2, 0.25) is 5.02 Å². The number of aliphatic hydroxyl groups is 1. The van der Waals surface area contributed by atoms with Crippen LogP contribution in [-0.2, 0) is 5.72 Å². The number of nitrogens with zero attached hydrogens (tertiary/aromatic N) is 2. The van der Waals surface area contributed by atoms with Crippen molar-refractivity contribution in [3.63, 3.8) is 0 Å². The zero-order valence-corrected chi connectivity index (χ0v) is 17.7. The normalized spacial score (nSPS) is 22.1. The standard InChI is InChI=1S/C21H24ClN2O2.BrH/c1-26-19-12-10-18(11-13-19)24-20-5-3-2-4-14-23(20)15-21(24,25)16-6-8-17(22)9-7-16;/h6-13,25H,2-5,14-15H2,1H3;1H/q+1;/p-1. The molecular weight excluding hydrogens is 428 g/mol. The van der Waals surface area contributed by atoms with Crippen LogP contribution in [0.4, 0.5) is 5.69 Å². The topological polar surface area (TPSA) is 35.7 Å². The summed E-state index contributed by atoms with van der Waals surface area (Å²) < 4.78 is 7.63. The highest BCUT2D eigenvalue weighted by atomic mass is 79.9. The third-order valence-electron chi connectivity index (χ3n) is 5.37. The molecule has 2 heterocycles. The molecule has 0 fully saturated rings. The molecule has 2 aliphatic heterocycles. The number of methoxy groups -OCH3 is 1. The van der Waals surface area contributed by atoms with Crippen LogP contribution < -0.4 is 26.6 Å². The molecule has 0 radical (unpaired) electrons. The third kappa shape index (κ3) is 3.73. The fourth-order valence-electron chi connectivity index (χ4n) is 4.05. The van der Waals surface area contributed by atoms with Gasteiger partial charge in [-0.25, -0.2) is 0 Å². The molecule has 2 aromatic rings. The molecule has 27 heavy (non-hydrogen) atoms. The van der Waals surface area contributed by atoms with Crippen LogP contribution in [0, 0.1) is 0 Å². The van der Waals surface area contributed by atoms with E-state index in [-0.39, 0.29) is 17.0 Å². The van der Waals surface area contributed by atoms with Crippen LogP contribution in [0.3, 0.4) is 0 Å². The zero-order valence-electron chi connectivity index (χ0n) is 15.4. The molecule has 0 bridgehead atoms. The van der Waals surface area contributed by atoms with E-state index in [4.69, 9.17) is 16.3 Å². The molecule has 0 saturated heterocycles. The Morgan fingerprint density at radius 1 is 1.04 bits per heavy atom. The van der Waals surface area contributed by atoms with Crippen molar-refractivity contribution in [1.29, 1.82) is 0 Å². The third-order valence-corrected chi connectivity index (χ3v) is 5.62. The lowest BCUT2D eigenvalue weighted by Crippen LogP contribution is -3.00. The molecule has 2 aromatic carbocycles. The van der Waals surface area contributed by atoms with Crippen molar-refractivity contribution in [3.05, 3.63) is 59.1 Å². The predicted molar refractivity (Wildman–Crippen MR) is 104 cm³/mol. The molecule has 0 spiro atoms. The van der Waals surface area contributed by atoms with E-state index in [1.807, 2.05) is 48.5 Å². The van der Waals surface area contributed by atoms with Gasteiger partial charge >= 0.3 is 0 Å². The van der Waals surface area contributed by atoms with Crippen LogP contribution in [-0.4, -0.2) is 35.7 Å². The van der Waals surface area contributed by atoms with Gasteiger partial charge in [0.15, 0.2) is 6.54 Å². The lowest BCUT2D eigenvalue weighted by molar-refractivity contribution is -0.534. The maximum atomic E-state index is 11.8. The largest absolute Gasteiger partial charge is 1.00 e. The van der Waals surface area contributed by atoms with E-state index in [1.165, 1.54) is 12.3 Å². The van der Waals surface area contributed by atoms with Gasteiger partial charge in [-0.3, -0.25) is 4.58 Å². The van der Waals surface area contributed by atoms with Crippen LogP contribution in [0.15, 0.2) is 48.5 Å². The fourth-order valence-corrected chi connectivity index (χ4v) is 4.18. The van der Waals surface area contributed by atoms with Crippen molar-refractivity contribution in [2.75, 3.05) is 25.1 Å². The van der Waals surface area contributed by atoms with E-state index < -0.39 is 5.72 Å². The Morgan fingerprint density at radius 2 is 1.74 bits per heavy atom. The number of amidine groups is 1. The number of anilines is 1. The zero-order chi connectivity index (χ0) is 18.1. The SMILES string of the molecule is COc1ccc(N2C3=[N+](CCCCC3)CC2(O)c2ccc(Cl)cc2)cc1.[Br-]. The molecule has 0 aliphatic carbocycles. The second-order valence-electron chi connectivity index (χ2n) is 7.01. The summed E-state index contributed by atoms with van der Waals surface area (Å²) in [5.74, 6) is 2.01. The van der Waals surface area contributed by atoms with Gasteiger partial charge in [0, 0.05) is 17.0 Å². The molecule has 6 heteroatoms. The Morgan fingerprint density at radius 3 is 2.41 bits per heavy atom. The van der Waals surface area contributed by atoms with Crippen molar-refractivity contribution < 1.29 is 31.4 Å². The van der Waals surface area contributed by atoms with Gasteiger partial charge in [0.1, 0.15) is 11.4 Å². The highest BCUT2D eigenvalue weighted by Gasteiger charge is 2.53. The summed E-state index contributed by atoms with van der Waals surface area (Å²) in [6.07, 6.45) is 4.52.